The van der Waals surface area contributed by atoms with Crippen molar-refractivity contribution in [3.05, 3.63) is 0 Å². The Balaban J connectivity index is 2.16. The second kappa shape index (κ2) is 4.42. The molecule has 1 saturated heterocycles. The molecule has 0 aromatic carbocycles. The van der Waals surface area contributed by atoms with Gasteiger partial charge in [0.2, 0.25) is 0 Å². The molecule has 4 heteroatoms. The molecule has 0 bridgehead atoms. The van der Waals surface area contributed by atoms with Gasteiger partial charge in [0.15, 0.2) is 0 Å². The van der Waals surface area contributed by atoms with E-state index < -0.39 is 5.97 Å². The van der Waals surface area contributed by atoms with E-state index in [2.05, 4.69) is 0 Å². The third-order valence-corrected chi connectivity index (χ3v) is 1.77. The Kier molecular flexibility index (Phi) is 3.49. The molecule has 0 aromatic heterocycles. The molecule has 1 heterocycles. The van der Waals surface area contributed by atoms with E-state index in [1.807, 2.05) is 0 Å². The normalized spacial score (nSPS) is 25.6. The van der Waals surface area contributed by atoms with Gasteiger partial charge in [-0.05, 0) is 13.3 Å². The maximum Gasteiger partial charge on any atom is 0.305 e. The molecule has 1 rings (SSSR count). The molecular formula is C8H14O4. The van der Waals surface area contributed by atoms with Crippen LogP contribution in [0.5, 0.6) is 0 Å². The highest BCUT2D eigenvalue weighted by molar-refractivity contribution is 5.67. The zero-order valence-electron chi connectivity index (χ0n) is 7.16. The summed E-state index contributed by atoms with van der Waals surface area (Å²) in [5.41, 5.74) is 0. The minimum absolute atomic E-state index is 0.0660. The summed E-state index contributed by atoms with van der Waals surface area (Å²) in [5, 5.41) is 8.45. The van der Waals surface area contributed by atoms with Crippen molar-refractivity contribution in [2.75, 3.05) is 13.2 Å². The zero-order valence-corrected chi connectivity index (χ0v) is 7.16. The number of rotatable bonds is 4. The lowest BCUT2D eigenvalue weighted by Crippen LogP contribution is -2.22. The van der Waals surface area contributed by atoms with Gasteiger partial charge >= 0.3 is 5.97 Å². The average Bonchev–Trinajstić information content (AvgIpc) is 2.37. The SMILES string of the molecule is C[C@H](CC(=O)O)OC1CCOC1. The first-order valence-corrected chi connectivity index (χ1v) is 4.13. The first-order valence-electron chi connectivity index (χ1n) is 4.13. The van der Waals surface area contributed by atoms with Crippen LogP contribution in [0.25, 0.3) is 0 Å². The average molecular weight is 174 g/mol. The number of aliphatic carboxylic acids is 1. The van der Waals surface area contributed by atoms with Crippen LogP contribution in [0.15, 0.2) is 0 Å². The van der Waals surface area contributed by atoms with E-state index in [1.165, 1.54) is 0 Å². The number of hydrogen-bond donors (Lipinski definition) is 1. The highest BCUT2D eigenvalue weighted by Gasteiger charge is 2.19. The summed E-state index contributed by atoms with van der Waals surface area (Å²) in [6.45, 7) is 3.10. The van der Waals surface area contributed by atoms with Crippen LogP contribution in [0, 0.1) is 0 Å². The van der Waals surface area contributed by atoms with Crippen molar-refractivity contribution in [2.24, 2.45) is 0 Å². The largest absolute Gasteiger partial charge is 0.481 e. The smallest absolute Gasteiger partial charge is 0.305 e. The molecule has 0 spiro atoms. The Labute approximate surface area is 71.5 Å². The molecule has 1 unspecified atom stereocenters. The standard InChI is InChI=1S/C8H14O4/c1-6(4-8(9)10)12-7-2-3-11-5-7/h6-7H,2-5H2,1H3,(H,9,10)/t6-,7?/m1/s1. The maximum atomic E-state index is 10.3. The lowest BCUT2D eigenvalue weighted by Gasteiger charge is -2.15. The predicted octanol–water partition coefficient (Wildman–Crippen LogP) is 0.655. The minimum Gasteiger partial charge on any atom is -0.481 e. The summed E-state index contributed by atoms with van der Waals surface area (Å²) in [5.74, 6) is -0.818. The number of carboxylic acid groups (broad SMARTS) is 1. The molecule has 0 aliphatic carbocycles. The number of carboxylic acids is 1. The van der Waals surface area contributed by atoms with Crippen LogP contribution in [-0.2, 0) is 14.3 Å². The molecule has 1 aliphatic rings. The molecular weight excluding hydrogens is 160 g/mol. The molecule has 2 atom stereocenters. The Morgan fingerprint density at radius 1 is 1.83 bits per heavy atom. The second-order valence-electron chi connectivity index (χ2n) is 3.03. The summed E-state index contributed by atoms with van der Waals surface area (Å²) in [7, 11) is 0. The van der Waals surface area contributed by atoms with Crippen molar-refractivity contribution in [2.45, 2.75) is 32.0 Å². The van der Waals surface area contributed by atoms with E-state index in [1.54, 1.807) is 6.92 Å². The van der Waals surface area contributed by atoms with Gasteiger partial charge in [-0.15, -0.1) is 0 Å². The van der Waals surface area contributed by atoms with E-state index in [0.717, 1.165) is 13.0 Å². The van der Waals surface area contributed by atoms with Crippen LogP contribution in [0.2, 0.25) is 0 Å². The van der Waals surface area contributed by atoms with Crippen LogP contribution < -0.4 is 0 Å². The summed E-state index contributed by atoms with van der Waals surface area (Å²) in [4.78, 5) is 10.3. The van der Waals surface area contributed by atoms with Gasteiger partial charge in [-0.3, -0.25) is 4.79 Å². The lowest BCUT2D eigenvalue weighted by molar-refractivity contribution is -0.140. The maximum absolute atomic E-state index is 10.3. The van der Waals surface area contributed by atoms with Gasteiger partial charge in [0.1, 0.15) is 0 Å². The quantitative estimate of drug-likeness (QED) is 0.680. The summed E-state index contributed by atoms with van der Waals surface area (Å²) in [6.07, 6.45) is 0.828. The van der Waals surface area contributed by atoms with Crippen molar-refractivity contribution in [3.63, 3.8) is 0 Å². The topological polar surface area (TPSA) is 55.8 Å². The van der Waals surface area contributed by atoms with Gasteiger partial charge in [-0.2, -0.15) is 0 Å². The second-order valence-corrected chi connectivity index (χ2v) is 3.03. The molecule has 0 saturated carbocycles. The van der Waals surface area contributed by atoms with Gasteiger partial charge in [-0.25, -0.2) is 0 Å². The van der Waals surface area contributed by atoms with E-state index >= 15 is 0 Å². The molecule has 0 amide bonds. The number of carbonyl (C=O) groups is 1. The van der Waals surface area contributed by atoms with E-state index in [-0.39, 0.29) is 18.6 Å². The third-order valence-electron chi connectivity index (χ3n) is 1.77. The van der Waals surface area contributed by atoms with Crippen LogP contribution in [0.3, 0.4) is 0 Å². The molecule has 0 aromatic rings. The predicted molar refractivity (Wildman–Crippen MR) is 42.0 cm³/mol. The Hall–Kier alpha value is -0.610. The van der Waals surface area contributed by atoms with Gasteiger partial charge in [0.25, 0.3) is 0 Å². The van der Waals surface area contributed by atoms with Crippen molar-refractivity contribution in [3.8, 4) is 0 Å². The molecule has 70 valence electrons. The minimum atomic E-state index is -0.818. The van der Waals surface area contributed by atoms with Crippen LogP contribution >= 0.6 is 0 Å². The summed E-state index contributed by atoms with van der Waals surface area (Å²) in [6, 6.07) is 0. The summed E-state index contributed by atoms with van der Waals surface area (Å²) >= 11 is 0. The fourth-order valence-corrected chi connectivity index (χ4v) is 1.24. The Bertz CT molecular complexity index is 151. The molecule has 0 radical (unpaired) electrons. The van der Waals surface area contributed by atoms with Crippen molar-refractivity contribution in [1.82, 2.24) is 0 Å². The molecule has 1 N–H and O–H groups in total. The Morgan fingerprint density at radius 3 is 3.08 bits per heavy atom. The van der Waals surface area contributed by atoms with Gasteiger partial charge in [-0.1, -0.05) is 0 Å². The van der Waals surface area contributed by atoms with Crippen molar-refractivity contribution >= 4 is 5.97 Å². The lowest BCUT2D eigenvalue weighted by atomic mass is 10.2. The molecule has 12 heavy (non-hydrogen) atoms. The highest BCUT2D eigenvalue weighted by atomic mass is 16.6. The van der Waals surface area contributed by atoms with Crippen LogP contribution in [0.1, 0.15) is 19.8 Å². The number of ether oxygens (including phenoxy) is 2. The fourth-order valence-electron chi connectivity index (χ4n) is 1.24. The van der Waals surface area contributed by atoms with Gasteiger partial charge in [0.05, 0.1) is 25.2 Å². The van der Waals surface area contributed by atoms with E-state index in [0.29, 0.717) is 6.61 Å². The highest BCUT2D eigenvalue weighted by Crippen LogP contribution is 2.11. The Morgan fingerprint density at radius 2 is 2.58 bits per heavy atom. The van der Waals surface area contributed by atoms with Crippen molar-refractivity contribution < 1.29 is 19.4 Å². The van der Waals surface area contributed by atoms with E-state index in [9.17, 15) is 4.79 Å². The van der Waals surface area contributed by atoms with E-state index in [4.69, 9.17) is 14.6 Å². The van der Waals surface area contributed by atoms with Gasteiger partial charge < -0.3 is 14.6 Å². The first-order chi connectivity index (χ1) is 5.68. The number of hydrogen-bond acceptors (Lipinski definition) is 3. The van der Waals surface area contributed by atoms with Crippen LogP contribution in [-0.4, -0.2) is 36.5 Å². The van der Waals surface area contributed by atoms with Crippen LogP contribution in [0.4, 0.5) is 0 Å². The summed E-state index contributed by atoms with van der Waals surface area (Å²) < 4.78 is 10.5. The molecule has 1 fully saturated rings. The third kappa shape index (κ3) is 3.19. The first kappa shape index (κ1) is 9.48. The van der Waals surface area contributed by atoms with Gasteiger partial charge in [0, 0.05) is 6.61 Å². The molecule has 1 aliphatic heterocycles. The molecule has 4 nitrogen and oxygen atoms in total. The fraction of sp³-hybridized carbons (Fsp3) is 0.875. The monoisotopic (exact) mass is 174 g/mol. The van der Waals surface area contributed by atoms with Crippen molar-refractivity contribution in [1.29, 1.82) is 0 Å². The zero-order chi connectivity index (χ0) is 8.97.